The van der Waals surface area contributed by atoms with Gasteiger partial charge in [0, 0.05) is 19.1 Å². The standard InChI is InChI=1S/C13H26N2O2/c1-4-6-7-15-9-11(13(16)17-3)8-12(10-15)14-5-2/h11-12,14H,4-10H2,1-3H3. The lowest BCUT2D eigenvalue weighted by atomic mass is 9.94. The van der Waals surface area contributed by atoms with Crippen LogP contribution in [0.2, 0.25) is 0 Å². The van der Waals surface area contributed by atoms with Crippen molar-refractivity contribution in [3.63, 3.8) is 0 Å². The van der Waals surface area contributed by atoms with Gasteiger partial charge in [-0.15, -0.1) is 0 Å². The Morgan fingerprint density at radius 1 is 1.41 bits per heavy atom. The molecule has 1 rings (SSSR count). The number of piperidine rings is 1. The van der Waals surface area contributed by atoms with Crippen LogP contribution in [0.4, 0.5) is 0 Å². The summed E-state index contributed by atoms with van der Waals surface area (Å²) in [6, 6.07) is 0.426. The van der Waals surface area contributed by atoms with Crippen LogP contribution in [0.5, 0.6) is 0 Å². The van der Waals surface area contributed by atoms with Crippen LogP contribution < -0.4 is 5.32 Å². The second kappa shape index (κ2) is 7.67. The molecule has 0 aliphatic carbocycles. The van der Waals surface area contributed by atoms with E-state index in [1.165, 1.54) is 20.0 Å². The zero-order valence-electron chi connectivity index (χ0n) is 11.4. The van der Waals surface area contributed by atoms with E-state index in [-0.39, 0.29) is 11.9 Å². The molecule has 0 aromatic carbocycles. The minimum Gasteiger partial charge on any atom is -0.469 e. The molecule has 0 bridgehead atoms. The molecular formula is C13H26N2O2. The van der Waals surface area contributed by atoms with Crippen molar-refractivity contribution in [2.24, 2.45) is 5.92 Å². The van der Waals surface area contributed by atoms with Crippen molar-refractivity contribution >= 4 is 5.97 Å². The fraction of sp³-hybridized carbons (Fsp3) is 0.923. The van der Waals surface area contributed by atoms with Crippen molar-refractivity contribution in [3.05, 3.63) is 0 Å². The molecule has 4 heteroatoms. The smallest absolute Gasteiger partial charge is 0.310 e. The van der Waals surface area contributed by atoms with Crippen molar-refractivity contribution in [2.45, 2.75) is 39.2 Å². The summed E-state index contributed by atoms with van der Waals surface area (Å²) in [5.41, 5.74) is 0. The molecule has 1 aliphatic rings. The van der Waals surface area contributed by atoms with Crippen LogP contribution in [-0.4, -0.2) is 50.2 Å². The Bertz CT molecular complexity index is 233. The molecule has 0 aromatic rings. The normalized spacial score (nSPS) is 25.8. The van der Waals surface area contributed by atoms with Crippen molar-refractivity contribution in [1.82, 2.24) is 10.2 Å². The van der Waals surface area contributed by atoms with Gasteiger partial charge in [-0.1, -0.05) is 20.3 Å². The SMILES string of the molecule is CCCCN1CC(NCC)CC(C(=O)OC)C1. The number of methoxy groups -OCH3 is 1. The summed E-state index contributed by atoms with van der Waals surface area (Å²) in [5.74, 6) is -0.0243. The lowest BCUT2D eigenvalue weighted by Crippen LogP contribution is -2.51. The van der Waals surface area contributed by atoms with Crippen molar-refractivity contribution in [2.75, 3.05) is 33.3 Å². The molecule has 100 valence electrons. The van der Waals surface area contributed by atoms with E-state index in [2.05, 4.69) is 24.1 Å². The van der Waals surface area contributed by atoms with Gasteiger partial charge in [-0.05, 0) is 25.9 Å². The van der Waals surface area contributed by atoms with Crippen molar-refractivity contribution in [3.8, 4) is 0 Å². The maximum absolute atomic E-state index is 11.7. The molecule has 1 N–H and O–H groups in total. The van der Waals surface area contributed by atoms with Gasteiger partial charge in [-0.2, -0.15) is 0 Å². The number of unbranched alkanes of at least 4 members (excludes halogenated alkanes) is 1. The third-order valence-corrected chi connectivity index (χ3v) is 3.38. The number of rotatable bonds is 6. The fourth-order valence-corrected chi connectivity index (χ4v) is 2.53. The lowest BCUT2D eigenvalue weighted by Gasteiger charge is -2.36. The molecule has 0 spiro atoms. The first-order valence-electron chi connectivity index (χ1n) is 6.74. The van der Waals surface area contributed by atoms with Crippen molar-refractivity contribution < 1.29 is 9.53 Å². The van der Waals surface area contributed by atoms with E-state index >= 15 is 0 Å². The van der Waals surface area contributed by atoms with Gasteiger partial charge in [-0.3, -0.25) is 4.79 Å². The molecule has 0 saturated carbocycles. The molecule has 17 heavy (non-hydrogen) atoms. The summed E-state index contributed by atoms with van der Waals surface area (Å²) in [4.78, 5) is 14.1. The number of carbonyl (C=O) groups is 1. The molecule has 2 unspecified atom stereocenters. The molecule has 0 radical (unpaired) electrons. The van der Waals surface area contributed by atoms with Crippen LogP contribution in [0.25, 0.3) is 0 Å². The van der Waals surface area contributed by atoms with Crippen LogP contribution in [0.15, 0.2) is 0 Å². The Hall–Kier alpha value is -0.610. The van der Waals surface area contributed by atoms with Gasteiger partial charge in [0.2, 0.25) is 0 Å². The van der Waals surface area contributed by atoms with Gasteiger partial charge in [0.15, 0.2) is 0 Å². The number of ether oxygens (including phenoxy) is 1. The maximum Gasteiger partial charge on any atom is 0.310 e. The quantitative estimate of drug-likeness (QED) is 0.712. The van der Waals surface area contributed by atoms with E-state index < -0.39 is 0 Å². The molecule has 1 saturated heterocycles. The number of hydrogen-bond acceptors (Lipinski definition) is 4. The van der Waals surface area contributed by atoms with Crippen LogP contribution >= 0.6 is 0 Å². The highest BCUT2D eigenvalue weighted by molar-refractivity contribution is 5.72. The maximum atomic E-state index is 11.7. The van der Waals surface area contributed by atoms with Crippen LogP contribution in [0, 0.1) is 5.92 Å². The predicted octanol–water partition coefficient (Wildman–Crippen LogP) is 1.26. The highest BCUT2D eigenvalue weighted by Gasteiger charge is 2.31. The number of likely N-dealkylation sites (N-methyl/N-ethyl adjacent to an activating group) is 1. The Kier molecular flexibility index (Phi) is 6.52. The summed E-state index contributed by atoms with van der Waals surface area (Å²) >= 11 is 0. The predicted molar refractivity (Wildman–Crippen MR) is 68.9 cm³/mol. The summed E-state index contributed by atoms with van der Waals surface area (Å²) in [7, 11) is 1.48. The lowest BCUT2D eigenvalue weighted by molar-refractivity contribution is -0.147. The number of nitrogens with one attached hydrogen (secondary N) is 1. The van der Waals surface area contributed by atoms with Gasteiger partial charge in [0.25, 0.3) is 0 Å². The highest BCUT2D eigenvalue weighted by Crippen LogP contribution is 2.18. The summed E-state index contributed by atoms with van der Waals surface area (Å²) in [6.07, 6.45) is 3.31. The zero-order valence-corrected chi connectivity index (χ0v) is 11.4. The first-order chi connectivity index (χ1) is 8.21. The molecule has 2 atom stereocenters. The molecule has 1 fully saturated rings. The Labute approximate surface area is 105 Å². The first kappa shape index (κ1) is 14.5. The average Bonchev–Trinajstić information content (AvgIpc) is 2.35. The zero-order chi connectivity index (χ0) is 12.7. The molecule has 0 amide bonds. The number of nitrogens with zero attached hydrogens (tertiary/aromatic N) is 1. The highest BCUT2D eigenvalue weighted by atomic mass is 16.5. The van der Waals surface area contributed by atoms with Gasteiger partial charge in [-0.25, -0.2) is 0 Å². The third-order valence-electron chi connectivity index (χ3n) is 3.38. The van der Waals surface area contributed by atoms with Crippen LogP contribution in [0.3, 0.4) is 0 Å². The van der Waals surface area contributed by atoms with E-state index in [0.29, 0.717) is 6.04 Å². The van der Waals surface area contributed by atoms with Crippen LogP contribution in [0.1, 0.15) is 33.1 Å². The fourth-order valence-electron chi connectivity index (χ4n) is 2.53. The summed E-state index contributed by atoms with van der Waals surface area (Å²) in [5, 5.41) is 3.45. The topological polar surface area (TPSA) is 41.6 Å². The van der Waals surface area contributed by atoms with E-state index in [4.69, 9.17) is 4.74 Å². The first-order valence-corrected chi connectivity index (χ1v) is 6.74. The van der Waals surface area contributed by atoms with Gasteiger partial charge < -0.3 is 15.0 Å². The number of esters is 1. The largest absolute Gasteiger partial charge is 0.469 e. The molecule has 4 nitrogen and oxygen atoms in total. The summed E-state index contributed by atoms with van der Waals surface area (Å²) in [6.45, 7) is 8.27. The van der Waals surface area contributed by atoms with Crippen molar-refractivity contribution in [1.29, 1.82) is 0 Å². The van der Waals surface area contributed by atoms with E-state index in [1.54, 1.807) is 0 Å². The minimum atomic E-state index is -0.0610. The minimum absolute atomic E-state index is 0.0367. The number of hydrogen-bond donors (Lipinski definition) is 1. The van der Waals surface area contributed by atoms with Crippen LogP contribution in [-0.2, 0) is 9.53 Å². The third kappa shape index (κ3) is 4.64. The average molecular weight is 242 g/mol. The van der Waals surface area contributed by atoms with Gasteiger partial charge >= 0.3 is 5.97 Å². The number of carbonyl (C=O) groups excluding carboxylic acids is 1. The molecule has 1 heterocycles. The Morgan fingerprint density at radius 2 is 2.18 bits per heavy atom. The Morgan fingerprint density at radius 3 is 2.76 bits per heavy atom. The number of likely N-dealkylation sites (tertiary alicyclic amines) is 1. The molecular weight excluding hydrogens is 216 g/mol. The molecule has 0 aromatic heterocycles. The monoisotopic (exact) mass is 242 g/mol. The second-order valence-corrected chi connectivity index (χ2v) is 4.82. The molecule has 1 aliphatic heterocycles. The van der Waals surface area contributed by atoms with Gasteiger partial charge in [0.05, 0.1) is 13.0 Å². The van der Waals surface area contributed by atoms with E-state index in [9.17, 15) is 4.79 Å². The second-order valence-electron chi connectivity index (χ2n) is 4.82. The summed E-state index contributed by atoms with van der Waals surface area (Å²) < 4.78 is 4.88. The van der Waals surface area contributed by atoms with Gasteiger partial charge in [0.1, 0.15) is 0 Å². The van der Waals surface area contributed by atoms with E-state index in [0.717, 1.165) is 32.6 Å². The Balaban J connectivity index is 2.52. The van der Waals surface area contributed by atoms with E-state index in [1.807, 2.05) is 0 Å².